The smallest absolute Gasteiger partial charge is 1.00 e. The molecule has 0 bridgehead atoms. The Labute approximate surface area is 360 Å². The Kier molecular flexibility index (Phi) is 17.7. The molecule has 0 saturated carbocycles. The van der Waals surface area contributed by atoms with Crippen LogP contribution in [-0.4, -0.2) is 29.5 Å². The van der Waals surface area contributed by atoms with Gasteiger partial charge in [-0.1, -0.05) is 58.0 Å². The number of halogens is 5. The van der Waals surface area contributed by atoms with Gasteiger partial charge in [-0.05, 0) is 31.5 Å². The van der Waals surface area contributed by atoms with Crippen molar-refractivity contribution in [2.24, 2.45) is 0 Å². The van der Waals surface area contributed by atoms with Crippen LogP contribution in [0.3, 0.4) is 0 Å². The van der Waals surface area contributed by atoms with Gasteiger partial charge in [0, 0.05) is 34.7 Å². The van der Waals surface area contributed by atoms with E-state index < -0.39 is 58.0 Å². The summed E-state index contributed by atoms with van der Waals surface area (Å²) in [7, 11) is 0. The van der Waals surface area contributed by atoms with E-state index in [-0.39, 0.29) is 108 Å². The number of nitrogens with two attached hydrogens (primary N) is 1. The quantitative estimate of drug-likeness (QED) is 0.0582. The molecule has 0 spiro atoms. The maximum Gasteiger partial charge on any atom is 1.00 e. The monoisotopic (exact) mass is 881 g/mol. The molecule has 0 atom stereocenters. The first-order chi connectivity index (χ1) is 25.5. The molecular weight excluding hydrogens is 867 g/mol. The summed E-state index contributed by atoms with van der Waals surface area (Å²) in [5.74, 6) is 0. The zero-order valence-corrected chi connectivity index (χ0v) is 33.9. The number of anilines is 1. The van der Waals surface area contributed by atoms with Crippen LogP contribution in [0.15, 0.2) is 36.4 Å². The molecule has 0 aliphatic carbocycles. The van der Waals surface area contributed by atoms with Gasteiger partial charge in [0.1, 0.15) is 20.8 Å². The number of rotatable bonds is 8. The van der Waals surface area contributed by atoms with Gasteiger partial charge in [0.15, 0.2) is 11.4 Å². The summed E-state index contributed by atoms with van der Waals surface area (Å²) >= 11 is 28.8. The maximum atomic E-state index is 11.4. The molecule has 286 valence electrons. The third kappa shape index (κ3) is 11.3. The fourth-order valence-corrected chi connectivity index (χ4v) is 5.52. The van der Waals surface area contributed by atoms with E-state index in [1.54, 1.807) is 0 Å². The molecule has 21 nitrogen and oxygen atoms in total. The molecule has 27 heteroatoms. The second kappa shape index (κ2) is 20.4. The second-order valence-corrected chi connectivity index (χ2v) is 12.2. The van der Waals surface area contributed by atoms with E-state index in [1.165, 1.54) is 26.0 Å². The minimum Gasteiger partial charge on any atom is -1.00 e. The minimum atomic E-state index is -0.855. The Morgan fingerprint density at radius 1 is 0.536 bits per heavy atom. The zero-order valence-electron chi connectivity index (χ0n) is 29.1. The molecule has 0 amide bonds. The van der Waals surface area contributed by atoms with E-state index in [0.717, 1.165) is 18.2 Å². The van der Waals surface area contributed by atoms with Crippen LogP contribution < -0.4 is 35.3 Å². The number of nitro groups is 6. The number of hydrogen-bond donors (Lipinski definition) is 1. The molecule has 4 aromatic rings. The van der Waals surface area contributed by atoms with Crippen molar-refractivity contribution in [3.05, 3.63) is 167 Å². The Hall–Kier alpha value is -5.49. The van der Waals surface area contributed by atoms with Crippen LogP contribution in [0.2, 0.25) is 25.1 Å². The van der Waals surface area contributed by atoms with Gasteiger partial charge in [-0.2, -0.15) is 0 Å². The topological polar surface area (TPSA) is 294 Å². The standard InChI is InChI=1S/C15H8Cl2N4O6.C7H4Cl2N2O4.C7H4ClN3O2.Na.H/c1-7-9(13(20(24)25)6-14(15(7)17)21(26)27)5-10-11(16)3-8(18-2)4-12(10)19(22)23;1-3-6(8)4(10(12)13)2-5(7(3)9)11(14)15;1-10-4-2-5(8)7(9)6(3-4)11(12)13;;/h3-4,6H,5H2,1H3;2H,1H3;2-3H,9H2;;/q;;;+1;-1. The van der Waals surface area contributed by atoms with E-state index in [4.69, 9.17) is 76.9 Å². The first-order valence-corrected chi connectivity index (χ1v) is 15.7. The molecule has 0 fully saturated rings. The number of benzene rings is 4. The average molecular weight is 884 g/mol. The molecule has 2 N–H and O–H groups in total. The molecular formula is C29H17Cl5N9NaO12. The zero-order chi connectivity index (χ0) is 42.2. The fourth-order valence-electron chi connectivity index (χ4n) is 4.31. The molecule has 0 aliphatic heterocycles. The number of nitrogens with zero attached hydrogens (tertiary/aromatic N) is 8. The van der Waals surface area contributed by atoms with Gasteiger partial charge in [-0.25, -0.2) is 9.69 Å². The first-order valence-electron chi connectivity index (χ1n) is 13.8. The van der Waals surface area contributed by atoms with Crippen LogP contribution in [0, 0.1) is 87.7 Å². The summed E-state index contributed by atoms with van der Waals surface area (Å²) in [4.78, 5) is 66.6. The van der Waals surface area contributed by atoms with Crippen molar-refractivity contribution in [1.29, 1.82) is 0 Å². The largest absolute Gasteiger partial charge is 1.00 e. The van der Waals surface area contributed by atoms with Crippen molar-refractivity contribution in [3.8, 4) is 0 Å². The van der Waals surface area contributed by atoms with E-state index >= 15 is 0 Å². The van der Waals surface area contributed by atoms with E-state index in [2.05, 4.69) is 9.69 Å². The molecule has 0 unspecified atom stereocenters. The Morgan fingerprint density at radius 2 is 0.857 bits per heavy atom. The van der Waals surface area contributed by atoms with E-state index in [9.17, 15) is 60.7 Å². The van der Waals surface area contributed by atoms with Crippen LogP contribution in [0.4, 0.5) is 51.2 Å². The van der Waals surface area contributed by atoms with E-state index in [1.807, 2.05) is 0 Å². The summed E-state index contributed by atoms with van der Waals surface area (Å²) in [5, 5.41) is 64.4. The predicted molar refractivity (Wildman–Crippen MR) is 201 cm³/mol. The molecule has 0 saturated heterocycles. The molecule has 0 heterocycles. The molecule has 0 radical (unpaired) electrons. The number of nitrogen functional groups attached to an aromatic ring is 1. The van der Waals surface area contributed by atoms with Crippen molar-refractivity contribution in [2.75, 3.05) is 5.73 Å². The minimum absolute atomic E-state index is 0. The van der Waals surface area contributed by atoms with Gasteiger partial charge in [-0.15, -0.1) is 0 Å². The van der Waals surface area contributed by atoms with Gasteiger partial charge < -0.3 is 7.16 Å². The third-order valence-electron chi connectivity index (χ3n) is 7.01. The van der Waals surface area contributed by atoms with Crippen molar-refractivity contribution < 1.29 is 60.5 Å². The average Bonchev–Trinajstić information content (AvgIpc) is 3.10. The number of hydrogen-bond acceptors (Lipinski definition) is 13. The second-order valence-electron chi connectivity index (χ2n) is 10.2. The van der Waals surface area contributed by atoms with Gasteiger partial charge >= 0.3 is 29.6 Å². The predicted octanol–water partition coefficient (Wildman–Crippen LogP) is 7.78. The Bertz CT molecular complexity index is 2390. The van der Waals surface area contributed by atoms with Gasteiger partial charge in [0.25, 0.3) is 34.1 Å². The summed E-state index contributed by atoms with van der Waals surface area (Å²) in [6.45, 7) is 16.3. The van der Waals surface area contributed by atoms with Crippen molar-refractivity contribution in [2.45, 2.75) is 20.3 Å². The fraction of sp³-hybridized carbons (Fsp3) is 0.103. The summed E-state index contributed by atoms with van der Waals surface area (Å²) < 4.78 is 0. The maximum absolute atomic E-state index is 11.4. The molecule has 4 rings (SSSR count). The van der Waals surface area contributed by atoms with Gasteiger partial charge in [-0.3, -0.25) is 60.7 Å². The molecule has 56 heavy (non-hydrogen) atoms. The van der Waals surface area contributed by atoms with Gasteiger partial charge in [0.2, 0.25) is 0 Å². The molecule has 0 aromatic heterocycles. The Morgan fingerprint density at radius 3 is 1.23 bits per heavy atom. The summed E-state index contributed by atoms with van der Waals surface area (Å²) in [6, 6.07) is 6.04. The Balaban J connectivity index is 0.000000888. The van der Waals surface area contributed by atoms with Crippen LogP contribution in [0.5, 0.6) is 0 Å². The summed E-state index contributed by atoms with van der Waals surface area (Å²) in [6.07, 6.45) is -0.368. The third-order valence-corrected chi connectivity index (χ3v) is 9.09. The van der Waals surface area contributed by atoms with Crippen LogP contribution in [-0.2, 0) is 6.42 Å². The van der Waals surface area contributed by atoms with Crippen LogP contribution >= 0.6 is 58.0 Å². The SMILES string of the molecule is Cc1c(Cl)c([N+](=O)[O-])cc([N+](=O)[O-])c1Cl.[C-]#[N+]c1cc(Cl)c(Cc2c([N+](=O)[O-])cc([N+](=O)[O-])c(Cl)c2C)c([N+](=O)[O-])c1.[C-]#[N+]c1cc(Cl)c(N)c([N+](=O)[O-])c1.[H-].[Na+]. The van der Waals surface area contributed by atoms with Gasteiger partial charge in [0.05, 0.1) is 65.4 Å². The number of nitro benzene ring substituents is 6. The summed E-state index contributed by atoms with van der Waals surface area (Å²) in [5.41, 5.74) is 2.19. The normalized spacial score (nSPS) is 9.80. The van der Waals surface area contributed by atoms with Crippen LogP contribution in [0.25, 0.3) is 9.69 Å². The first kappa shape index (κ1) is 48.5. The van der Waals surface area contributed by atoms with E-state index in [0.29, 0.717) is 6.07 Å². The molecule has 0 aliphatic rings. The van der Waals surface area contributed by atoms with Crippen LogP contribution in [0.1, 0.15) is 23.7 Å². The van der Waals surface area contributed by atoms with Crippen molar-refractivity contribution in [3.63, 3.8) is 0 Å². The van der Waals surface area contributed by atoms with Crippen molar-refractivity contribution >= 4 is 109 Å². The molecule has 4 aromatic carbocycles. The van der Waals surface area contributed by atoms with Crippen molar-refractivity contribution in [1.82, 2.24) is 0 Å².